The number of nitrogens with zero attached hydrogens (tertiary/aromatic N) is 1. The van der Waals surface area contributed by atoms with Crippen molar-refractivity contribution in [2.75, 3.05) is 33.2 Å². The van der Waals surface area contributed by atoms with Crippen LogP contribution in [0, 0.1) is 16.7 Å². The molecular formula is C14H13NO4. The summed E-state index contributed by atoms with van der Waals surface area (Å²) in [5.41, 5.74) is 0.327. The van der Waals surface area contributed by atoms with E-state index in [-0.39, 0.29) is 12.2 Å². The highest BCUT2D eigenvalue weighted by atomic mass is 16.7. The minimum Gasteiger partial charge on any atom is -0.454 e. The highest BCUT2D eigenvalue weighted by Gasteiger charge is 2.62. The Kier molecular flexibility index (Phi) is 2.12. The molecule has 5 nitrogen and oxygen atoms in total. The molecule has 0 bridgehead atoms. The molecule has 5 heteroatoms. The summed E-state index contributed by atoms with van der Waals surface area (Å²) in [6.45, 7) is 2.32. The first-order valence-corrected chi connectivity index (χ1v) is 6.27. The molecule has 0 amide bonds. The van der Waals surface area contributed by atoms with Crippen LogP contribution in [-0.2, 0) is 14.9 Å². The zero-order valence-electron chi connectivity index (χ0n) is 10.3. The zero-order valence-corrected chi connectivity index (χ0v) is 10.3. The second-order valence-electron chi connectivity index (χ2n) is 5.33. The smallest absolute Gasteiger partial charge is 0.231 e. The van der Waals surface area contributed by atoms with Crippen molar-refractivity contribution in [2.24, 2.45) is 5.41 Å². The lowest BCUT2D eigenvalue weighted by Gasteiger charge is -2.55. The Hall–Kier alpha value is -1.77. The molecule has 1 aromatic carbocycles. The maximum absolute atomic E-state index is 9.55. The Morgan fingerprint density at radius 2 is 1.74 bits per heavy atom. The first-order valence-electron chi connectivity index (χ1n) is 6.27. The highest BCUT2D eigenvalue weighted by molar-refractivity contribution is 5.49. The van der Waals surface area contributed by atoms with Crippen molar-refractivity contribution in [3.05, 3.63) is 23.8 Å². The van der Waals surface area contributed by atoms with E-state index in [0.717, 1.165) is 17.1 Å². The SMILES string of the molecule is N#CC1(C2(c3ccc4c(c3)OCO4)COC2)COC1. The van der Waals surface area contributed by atoms with Gasteiger partial charge in [-0.1, -0.05) is 6.07 Å². The molecular weight excluding hydrogens is 246 g/mol. The molecule has 3 heterocycles. The van der Waals surface area contributed by atoms with Crippen LogP contribution >= 0.6 is 0 Å². The van der Waals surface area contributed by atoms with Crippen LogP contribution in [0.3, 0.4) is 0 Å². The van der Waals surface area contributed by atoms with Crippen LogP contribution in [0.2, 0.25) is 0 Å². The van der Waals surface area contributed by atoms with Gasteiger partial charge in [0.2, 0.25) is 6.79 Å². The van der Waals surface area contributed by atoms with Gasteiger partial charge in [-0.25, -0.2) is 0 Å². The predicted molar refractivity (Wildman–Crippen MR) is 63.9 cm³/mol. The van der Waals surface area contributed by atoms with E-state index < -0.39 is 5.41 Å². The molecule has 0 unspecified atom stereocenters. The molecule has 0 aliphatic carbocycles. The van der Waals surface area contributed by atoms with Crippen LogP contribution < -0.4 is 9.47 Å². The topological polar surface area (TPSA) is 60.7 Å². The number of fused-ring (bicyclic) bond motifs is 1. The van der Waals surface area contributed by atoms with Gasteiger partial charge in [0.15, 0.2) is 11.5 Å². The quantitative estimate of drug-likeness (QED) is 0.799. The van der Waals surface area contributed by atoms with E-state index in [1.54, 1.807) is 0 Å². The molecule has 0 atom stereocenters. The van der Waals surface area contributed by atoms with Crippen molar-refractivity contribution < 1.29 is 18.9 Å². The highest BCUT2D eigenvalue weighted by Crippen LogP contribution is 2.52. The molecule has 3 aliphatic heterocycles. The Balaban J connectivity index is 1.79. The van der Waals surface area contributed by atoms with Gasteiger partial charge in [0.05, 0.1) is 37.9 Å². The lowest BCUT2D eigenvalue weighted by molar-refractivity contribution is -0.201. The molecule has 98 valence electrons. The lowest BCUT2D eigenvalue weighted by Crippen LogP contribution is -2.66. The van der Waals surface area contributed by atoms with Crippen molar-refractivity contribution in [1.29, 1.82) is 5.26 Å². The second-order valence-corrected chi connectivity index (χ2v) is 5.33. The molecule has 0 aromatic heterocycles. The van der Waals surface area contributed by atoms with Gasteiger partial charge in [-0.05, 0) is 17.7 Å². The standard InChI is InChI=1S/C14H13NO4/c15-4-13(5-16-6-13)14(7-17-8-14)10-1-2-11-12(3-10)19-9-18-11/h1-3H,5-9H2. The fraction of sp³-hybridized carbons (Fsp3) is 0.500. The lowest BCUT2D eigenvalue weighted by atomic mass is 9.58. The van der Waals surface area contributed by atoms with E-state index in [1.807, 2.05) is 18.2 Å². The predicted octanol–water partition coefficient (Wildman–Crippen LogP) is 1.22. The molecule has 2 fully saturated rings. The van der Waals surface area contributed by atoms with E-state index >= 15 is 0 Å². The number of ether oxygens (including phenoxy) is 4. The van der Waals surface area contributed by atoms with Gasteiger partial charge >= 0.3 is 0 Å². The van der Waals surface area contributed by atoms with E-state index in [0.29, 0.717) is 26.4 Å². The number of nitriles is 1. The second kappa shape index (κ2) is 3.62. The molecule has 4 rings (SSSR count). The summed E-state index contributed by atoms with van der Waals surface area (Å²) in [6, 6.07) is 8.33. The zero-order chi connectivity index (χ0) is 12.9. The van der Waals surface area contributed by atoms with E-state index in [9.17, 15) is 5.26 Å². The maximum Gasteiger partial charge on any atom is 0.231 e. The Bertz CT molecular complexity index is 569. The molecule has 0 N–H and O–H groups in total. The third kappa shape index (κ3) is 1.25. The average molecular weight is 259 g/mol. The van der Waals surface area contributed by atoms with Gasteiger partial charge in [-0.3, -0.25) is 0 Å². The van der Waals surface area contributed by atoms with Crippen molar-refractivity contribution >= 4 is 0 Å². The van der Waals surface area contributed by atoms with Gasteiger partial charge in [-0.15, -0.1) is 0 Å². The summed E-state index contributed by atoms with van der Waals surface area (Å²) in [5.74, 6) is 1.51. The number of benzene rings is 1. The van der Waals surface area contributed by atoms with E-state index in [2.05, 4.69) is 6.07 Å². The third-order valence-corrected chi connectivity index (χ3v) is 4.45. The molecule has 2 saturated heterocycles. The van der Waals surface area contributed by atoms with Crippen LogP contribution in [0.1, 0.15) is 5.56 Å². The van der Waals surface area contributed by atoms with Gasteiger partial charge in [0.1, 0.15) is 5.41 Å². The Morgan fingerprint density at radius 3 is 2.32 bits per heavy atom. The first-order chi connectivity index (χ1) is 9.30. The van der Waals surface area contributed by atoms with Gasteiger partial charge in [0, 0.05) is 0 Å². The van der Waals surface area contributed by atoms with Crippen molar-refractivity contribution in [2.45, 2.75) is 5.41 Å². The minimum atomic E-state index is -0.473. The van der Waals surface area contributed by atoms with Gasteiger partial charge < -0.3 is 18.9 Å². The van der Waals surface area contributed by atoms with E-state index in [4.69, 9.17) is 18.9 Å². The maximum atomic E-state index is 9.55. The van der Waals surface area contributed by atoms with E-state index in [1.165, 1.54) is 0 Å². The summed E-state index contributed by atoms with van der Waals surface area (Å²) in [6.07, 6.45) is 0. The molecule has 0 spiro atoms. The minimum absolute atomic E-state index is 0.259. The largest absolute Gasteiger partial charge is 0.454 e. The fourth-order valence-electron chi connectivity index (χ4n) is 2.97. The summed E-state index contributed by atoms with van der Waals surface area (Å²) >= 11 is 0. The van der Waals surface area contributed by atoms with Gasteiger partial charge in [-0.2, -0.15) is 5.26 Å². The van der Waals surface area contributed by atoms with Crippen molar-refractivity contribution in [1.82, 2.24) is 0 Å². The number of rotatable bonds is 2. The molecule has 0 saturated carbocycles. The molecule has 0 radical (unpaired) electrons. The monoisotopic (exact) mass is 259 g/mol. The molecule has 19 heavy (non-hydrogen) atoms. The van der Waals surface area contributed by atoms with Crippen LogP contribution in [-0.4, -0.2) is 33.2 Å². The Morgan fingerprint density at radius 1 is 1.00 bits per heavy atom. The summed E-state index contributed by atoms with van der Waals surface area (Å²) in [5, 5.41) is 9.55. The third-order valence-electron chi connectivity index (χ3n) is 4.45. The summed E-state index contributed by atoms with van der Waals surface area (Å²) in [7, 11) is 0. The van der Waals surface area contributed by atoms with Crippen LogP contribution in [0.15, 0.2) is 18.2 Å². The number of hydrogen-bond acceptors (Lipinski definition) is 5. The van der Waals surface area contributed by atoms with Crippen LogP contribution in [0.5, 0.6) is 11.5 Å². The van der Waals surface area contributed by atoms with Gasteiger partial charge in [0.25, 0.3) is 0 Å². The molecule has 3 aliphatic rings. The summed E-state index contributed by atoms with van der Waals surface area (Å²) in [4.78, 5) is 0. The Labute approximate surface area is 110 Å². The molecule has 1 aromatic rings. The summed E-state index contributed by atoms with van der Waals surface area (Å²) < 4.78 is 21.5. The number of hydrogen-bond donors (Lipinski definition) is 0. The normalized spacial score (nSPS) is 25.0. The average Bonchev–Trinajstić information content (AvgIpc) is 2.78. The van der Waals surface area contributed by atoms with Crippen LogP contribution in [0.4, 0.5) is 0 Å². The van der Waals surface area contributed by atoms with Crippen molar-refractivity contribution in [3.8, 4) is 17.6 Å². The fourth-order valence-corrected chi connectivity index (χ4v) is 2.97. The van der Waals surface area contributed by atoms with Crippen LogP contribution in [0.25, 0.3) is 0 Å². The first kappa shape index (κ1) is 11.1. The van der Waals surface area contributed by atoms with Crippen molar-refractivity contribution in [3.63, 3.8) is 0 Å².